The Kier molecular flexibility index (Phi) is 1.84. The van der Waals surface area contributed by atoms with Gasteiger partial charge in [-0.3, -0.25) is 0 Å². The van der Waals surface area contributed by atoms with Crippen molar-refractivity contribution in [3.8, 4) is 11.1 Å². The summed E-state index contributed by atoms with van der Waals surface area (Å²) in [6.07, 6.45) is -0.829. The summed E-state index contributed by atoms with van der Waals surface area (Å²) >= 11 is 6.05. The van der Waals surface area contributed by atoms with Gasteiger partial charge in [-0.25, -0.2) is 5.11 Å². The maximum absolute atomic E-state index is 12.1. The molecule has 0 N–H and O–H groups in total. The van der Waals surface area contributed by atoms with Gasteiger partial charge < -0.3 is 0 Å². The molecule has 0 aliphatic heterocycles. The average Bonchev–Trinajstić information content (AvgIpc) is 2.55. The van der Waals surface area contributed by atoms with E-state index in [4.69, 9.17) is 11.6 Å². The van der Waals surface area contributed by atoms with Crippen molar-refractivity contribution in [3.63, 3.8) is 0 Å². The molecule has 0 amide bonds. The lowest BCUT2D eigenvalue weighted by Gasteiger charge is -2.04. The van der Waals surface area contributed by atoms with Gasteiger partial charge in [0.1, 0.15) is 6.10 Å². The Hall–Kier alpha value is -1.31. The molecule has 0 heterocycles. The number of rotatable bonds is 0. The topological polar surface area (TPSA) is 19.9 Å². The molecule has 1 radical (unpaired) electrons. The van der Waals surface area contributed by atoms with E-state index in [2.05, 4.69) is 0 Å². The van der Waals surface area contributed by atoms with Crippen LogP contribution in [-0.4, -0.2) is 0 Å². The lowest BCUT2D eigenvalue weighted by atomic mass is 10.1. The number of fused-ring (bicyclic) bond motifs is 3. The third kappa shape index (κ3) is 1.14. The van der Waals surface area contributed by atoms with Crippen LogP contribution in [0.2, 0.25) is 5.02 Å². The predicted octanol–water partition coefficient (Wildman–Crippen LogP) is 3.84. The van der Waals surface area contributed by atoms with Crippen molar-refractivity contribution in [2.75, 3.05) is 0 Å². The Bertz CT molecular complexity index is 534. The summed E-state index contributed by atoms with van der Waals surface area (Å²) in [5.41, 5.74) is 3.56. The molecule has 0 saturated carbocycles. The maximum Gasteiger partial charge on any atom is 0.146 e. The summed E-state index contributed by atoms with van der Waals surface area (Å²) in [7, 11) is 0. The van der Waals surface area contributed by atoms with E-state index in [-0.39, 0.29) is 0 Å². The molecule has 15 heavy (non-hydrogen) atoms. The number of halogens is 1. The smallest absolute Gasteiger partial charge is 0.146 e. The molecule has 1 nitrogen and oxygen atoms in total. The first-order chi connectivity index (χ1) is 7.29. The van der Waals surface area contributed by atoms with Gasteiger partial charge in [-0.15, -0.1) is 0 Å². The zero-order valence-corrected chi connectivity index (χ0v) is 8.66. The summed E-state index contributed by atoms with van der Waals surface area (Å²) < 4.78 is 0. The van der Waals surface area contributed by atoms with Crippen LogP contribution < -0.4 is 0 Å². The maximum atomic E-state index is 12.1. The minimum Gasteiger partial charge on any atom is -0.223 e. The monoisotopic (exact) mass is 215 g/mol. The Morgan fingerprint density at radius 1 is 0.933 bits per heavy atom. The van der Waals surface area contributed by atoms with E-state index in [1.165, 1.54) is 0 Å². The first-order valence-electron chi connectivity index (χ1n) is 4.82. The quantitative estimate of drug-likeness (QED) is 0.636. The van der Waals surface area contributed by atoms with Crippen LogP contribution in [0, 0.1) is 0 Å². The van der Waals surface area contributed by atoms with Crippen LogP contribution in [0.3, 0.4) is 0 Å². The van der Waals surface area contributed by atoms with Gasteiger partial charge in [-0.05, 0) is 22.8 Å². The van der Waals surface area contributed by atoms with Gasteiger partial charge in [-0.2, -0.15) is 0 Å². The molecule has 1 aliphatic carbocycles. The second-order valence-electron chi connectivity index (χ2n) is 3.67. The molecule has 2 aromatic rings. The van der Waals surface area contributed by atoms with Crippen molar-refractivity contribution in [3.05, 3.63) is 58.6 Å². The first-order valence-corrected chi connectivity index (χ1v) is 5.20. The molecule has 0 aromatic heterocycles. The van der Waals surface area contributed by atoms with Crippen LogP contribution in [0.1, 0.15) is 17.2 Å². The highest BCUT2D eigenvalue weighted by atomic mass is 35.5. The SMILES string of the molecule is [O]C1c2ccccc2-c2cccc(Cl)c21. The van der Waals surface area contributed by atoms with Crippen LogP contribution >= 0.6 is 11.6 Å². The molecule has 1 unspecified atom stereocenters. The molecular weight excluding hydrogens is 208 g/mol. The fraction of sp³-hybridized carbons (Fsp3) is 0.0769. The van der Waals surface area contributed by atoms with Crippen molar-refractivity contribution in [1.82, 2.24) is 0 Å². The van der Waals surface area contributed by atoms with Crippen molar-refractivity contribution in [1.29, 1.82) is 0 Å². The third-order valence-corrected chi connectivity index (χ3v) is 3.18. The van der Waals surface area contributed by atoms with E-state index >= 15 is 0 Å². The number of hydrogen-bond donors (Lipinski definition) is 0. The van der Waals surface area contributed by atoms with E-state index in [0.29, 0.717) is 5.02 Å². The molecule has 3 rings (SSSR count). The highest BCUT2D eigenvalue weighted by Crippen LogP contribution is 2.46. The van der Waals surface area contributed by atoms with Crippen molar-refractivity contribution < 1.29 is 5.11 Å². The largest absolute Gasteiger partial charge is 0.223 e. The van der Waals surface area contributed by atoms with Gasteiger partial charge in [0.25, 0.3) is 0 Å². The highest BCUT2D eigenvalue weighted by molar-refractivity contribution is 6.32. The van der Waals surface area contributed by atoms with Gasteiger partial charge in [0.2, 0.25) is 0 Å². The van der Waals surface area contributed by atoms with Crippen LogP contribution in [0.5, 0.6) is 0 Å². The summed E-state index contributed by atoms with van der Waals surface area (Å²) in [5.74, 6) is 0. The van der Waals surface area contributed by atoms with Crippen molar-refractivity contribution in [2.45, 2.75) is 6.10 Å². The molecule has 0 saturated heterocycles. The molecular formula is C13H8ClO. The van der Waals surface area contributed by atoms with Crippen molar-refractivity contribution in [2.24, 2.45) is 0 Å². The molecule has 2 heteroatoms. The third-order valence-electron chi connectivity index (χ3n) is 2.85. The molecule has 2 aromatic carbocycles. The molecule has 0 spiro atoms. The van der Waals surface area contributed by atoms with Crippen molar-refractivity contribution >= 4 is 11.6 Å². The molecule has 73 valence electrons. The van der Waals surface area contributed by atoms with Gasteiger partial charge in [0.15, 0.2) is 0 Å². The minimum absolute atomic E-state index is 0.573. The summed E-state index contributed by atoms with van der Waals surface area (Å²) in [6.45, 7) is 0. The van der Waals surface area contributed by atoms with E-state index in [0.717, 1.165) is 22.3 Å². The average molecular weight is 216 g/mol. The Labute approximate surface area is 92.9 Å². The minimum atomic E-state index is -0.829. The van der Waals surface area contributed by atoms with Gasteiger partial charge in [-0.1, -0.05) is 48.0 Å². The second kappa shape index (κ2) is 3.09. The Balaban J connectivity index is 2.37. The lowest BCUT2D eigenvalue weighted by Crippen LogP contribution is -1.92. The van der Waals surface area contributed by atoms with Crippen LogP contribution in [0.4, 0.5) is 0 Å². The van der Waals surface area contributed by atoms with E-state index in [1.54, 1.807) is 6.07 Å². The Morgan fingerprint density at radius 3 is 2.53 bits per heavy atom. The number of benzene rings is 2. The first kappa shape index (κ1) is 8.96. The highest BCUT2D eigenvalue weighted by Gasteiger charge is 2.29. The molecule has 0 bridgehead atoms. The van der Waals surface area contributed by atoms with E-state index in [9.17, 15) is 5.11 Å². The fourth-order valence-electron chi connectivity index (χ4n) is 2.16. The summed E-state index contributed by atoms with van der Waals surface area (Å²) in [5, 5.41) is 12.7. The summed E-state index contributed by atoms with van der Waals surface area (Å²) in [6, 6.07) is 13.3. The van der Waals surface area contributed by atoms with Crippen LogP contribution in [0.25, 0.3) is 11.1 Å². The predicted molar refractivity (Wildman–Crippen MR) is 59.4 cm³/mol. The molecule has 1 atom stereocenters. The molecule has 1 aliphatic rings. The van der Waals surface area contributed by atoms with Crippen LogP contribution in [0.15, 0.2) is 42.5 Å². The van der Waals surface area contributed by atoms with E-state index < -0.39 is 6.10 Å². The second-order valence-corrected chi connectivity index (χ2v) is 4.08. The Morgan fingerprint density at radius 2 is 1.67 bits per heavy atom. The zero-order chi connectivity index (χ0) is 10.4. The summed E-state index contributed by atoms with van der Waals surface area (Å²) in [4.78, 5) is 0. The van der Waals surface area contributed by atoms with E-state index in [1.807, 2.05) is 36.4 Å². The normalized spacial score (nSPS) is 17.3. The lowest BCUT2D eigenvalue weighted by molar-refractivity contribution is 0.128. The van der Waals surface area contributed by atoms with Gasteiger partial charge in [0, 0.05) is 10.6 Å². The van der Waals surface area contributed by atoms with Gasteiger partial charge in [0.05, 0.1) is 0 Å². The number of hydrogen-bond acceptors (Lipinski definition) is 0. The molecule has 0 fully saturated rings. The fourth-order valence-corrected chi connectivity index (χ4v) is 2.44. The standard InChI is InChI=1S/C13H8ClO/c14-11-7-3-6-9-8-4-1-2-5-10(8)13(15)12(9)11/h1-7,13H. The zero-order valence-electron chi connectivity index (χ0n) is 7.91. The van der Waals surface area contributed by atoms with Crippen LogP contribution in [-0.2, 0) is 5.11 Å². The van der Waals surface area contributed by atoms with Gasteiger partial charge >= 0.3 is 0 Å².